The Hall–Kier alpha value is -1.54. The topological polar surface area (TPSA) is 29.1 Å². The Morgan fingerprint density at radius 3 is 2.82 bits per heavy atom. The van der Waals surface area contributed by atoms with Crippen LogP contribution >= 0.6 is 11.6 Å². The van der Waals surface area contributed by atoms with E-state index in [1.165, 1.54) is 0 Å². The molecule has 0 atom stereocenters. The van der Waals surface area contributed by atoms with Crippen molar-refractivity contribution in [2.24, 2.45) is 0 Å². The van der Waals surface area contributed by atoms with Gasteiger partial charge in [0, 0.05) is 28.3 Å². The van der Waals surface area contributed by atoms with Gasteiger partial charge in [-0.25, -0.2) is 0 Å². The van der Waals surface area contributed by atoms with E-state index in [1.807, 2.05) is 12.1 Å². The lowest BCUT2D eigenvalue weighted by Gasteiger charge is -2.20. The van der Waals surface area contributed by atoms with Gasteiger partial charge in [-0.15, -0.1) is 0 Å². The Kier molecular flexibility index (Phi) is 3.34. The van der Waals surface area contributed by atoms with Crippen LogP contribution in [0.2, 0.25) is 5.02 Å². The third-order valence-electron chi connectivity index (χ3n) is 2.93. The van der Waals surface area contributed by atoms with E-state index in [1.54, 1.807) is 6.08 Å². The van der Waals surface area contributed by atoms with E-state index in [0.717, 1.165) is 22.4 Å². The number of hydrogen-bond donors (Lipinski definition) is 1. The van der Waals surface area contributed by atoms with Gasteiger partial charge < -0.3 is 5.32 Å². The van der Waals surface area contributed by atoms with Gasteiger partial charge in [0.25, 0.3) is 0 Å². The molecule has 0 saturated heterocycles. The van der Waals surface area contributed by atoms with Crippen molar-refractivity contribution in [3.05, 3.63) is 41.4 Å². The van der Waals surface area contributed by atoms with Crippen molar-refractivity contribution in [3.63, 3.8) is 0 Å². The van der Waals surface area contributed by atoms with Crippen molar-refractivity contribution in [3.8, 4) is 0 Å². The van der Waals surface area contributed by atoms with E-state index in [9.17, 15) is 4.79 Å². The largest absolute Gasteiger partial charge is 0.377 e. The first kappa shape index (κ1) is 11.9. The number of hydrogen-bond acceptors (Lipinski definition) is 2. The number of fused-ring (bicyclic) bond motifs is 1. The molecule has 0 unspecified atom stereocenters. The molecule has 0 saturated carbocycles. The molecular formula is C14H14ClNO. The Morgan fingerprint density at radius 1 is 1.35 bits per heavy atom. The number of nitrogens with one attached hydrogen (secondary N) is 1. The first-order valence-corrected chi connectivity index (χ1v) is 5.90. The smallest absolute Gasteiger partial charge is 0.152 e. The first-order valence-electron chi connectivity index (χ1n) is 5.52. The zero-order valence-corrected chi connectivity index (χ0v) is 10.3. The number of halogens is 1. The summed E-state index contributed by atoms with van der Waals surface area (Å²) in [5.74, 6) is 0.201. The van der Waals surface area contributed by atoms with Crippen LogP contribution in [0, 0.1) is 0 Å². The predicted octanol–water partition coefficient (Wildman–Crippen LogP) is 3.77. The van der Waals surface area contributed by atoms with Crippen molar-refractivity contribution in [2.75, 3.05) is 11.9 Å². The van der Waals surface area contributed by atoms with Gasteiger partial charge in [-0.2, -0.15) is 0 Å². The van der Waals surface area contributed by atoms with Gasteiger partial charge in [0.1, 0.15) is 0 Å². The summed E-state index contributed by atoms with van der Waals surface area (Å²) in [4.78, 5) is 11.5. The van der Waals surface area contributed by atoms with Crippen molar-refractivity contribution >= 4 is 34.7 Å². The summed E-state index contributed by atoms with van der Waals surface area (Å²) in [5.41, 5.74) is 3.70. The van der Waals surface area contributed by atoms with Gasteiger partial charge in [-0.3, -0.25) is 4.79 Å². The zero-order valence-electron chi connectivity index (χ0n) is 9.55. The fourth-order valence-electron chi connectivity index (χ4n) is 2.02. The second kappa shape index (κ2) is 4.76. The van der Waals surface area contributed by atoms with E-state index < -0.39 is 0 Å². The van der Waals surface area contributed by atoms with Gasteiger partial charge in [0.15, 0.2) is 5.78 Å². The normalized spacial score (nSPS) is 15.6. The second-order valence-corrected chi connectivity index (χ2v) is 4.49. The summed E-state index contributed by atoms with van der Waals surface area (Å²) in [7, 11) is 0. The number of carbonyl (C=O) groups excluding carboxylic acids is 1. The molecule has 2 nitrogen and oxygen atoms in total. The molecule has 1 heterocycles. The molecule has 0 spiro atoms. The van der Waals surface area contributed by atoms with E-state index in [0.29, 0.717) is 24.4 Å². The van der Waals surface area contributed by atoms with Crippen LogP contribution in [0.15, 0.2) is 25.3 Å². The average Bonchev–Trinajstić information content (AvgIpc) is 2.32. The number of allylic oxidation sites excluding steroid dienone is 1. The van der Waals surface area contributed by atoms with Crippen LogP contribution in [0.3, 0.4) is 0 Å². The maximum Gasteiger partial charge on any atom is 0.152 e. The molecule has 0 bridgehead atoms. The van der Waals surface area contributed by atoms with Crippen LogP contribution in [-0.2, 0) is 4.79 Å². The summed E-state index contributed by atoms with van der Waals surface area (Å²) in [6, 6.07) is 3.69. The van der Waals surface area contributed by atoms with Gasteiger partial charge >= 0.3 is 0 Å². The molecule has 88 valence electrons. The van der Waals surface area contributed by atoms with Crippen molar-refractivity contribution in [1.29, 1.82) is 0 Å². The molecule has 0 aliphatic carbocycles. The molecular weight excluding hydrogens is 234 g/mol. The monoisotopic (exact) mass is 247 g/mol. The SMILES string of the molecule is C=Cc1c(Cl)ccc2c1C(=C)CCC(=O)CN2. The summed E-state index contributed by atoms with van der Waals surface area (Å²) in [6.45, 7) is 8.19. The zero-order chi connectivity index (χ0) is 12.4. The second-order valence-electron chi connectivity index (χ2n) is 4.08. The van der Waals surface area contributed by atoms with Crippen LogP contribution in [0.5, 0.6) is 0 Å². The lowest BCUT2D eigenvalue weighted by Crippen LogP contribution is -2.17. The van der Waals surface area contributed by atoms with Gasteiger partial charge in [0.05, 0.1) is 6.54 Å². The highest BCUT2D eigenvalue weighted by molar-refractivity contribution is 6.32. The lowest BCUT2D eigenvalue weighted by atomic mass is 9.93. The third-order valence-corrected chi connectivity index (χ3v) is 3.26. The van der Waals surface area contributed by atoms with Crippen molar-refractivity contribution < 1.29 is 4.79 Å². The number of benzene rings is 1. The molecule has 3 heteroatoms. The summed E-state index contributed by atoms with van der Waals surface area (Å²) in [5, 5.41) is 3.79. The minimum atomic E-state index is 0.201. The van der Waals surface area contributed by atoms with E-state index in [2.05, 4.69) is 18.5 Å². The minimum Gasteiger partial charge on any atom is -0.377 e. The van der Waals surface area contributed by atoms with Crippen LogP contribution in [0.1, 0.15) is 24.0 Å². The van der Waals surface area contributed by atoms with Crippen LogP contribution in [0.25, 0.3) is 11.6 Å². The standard InChI is InChI=1S/C14H14ClNO/c1-3-11-12(15)6-7-13-14(11)9(2)4-5-10(17)8-16-13/h3,6-7,16H,1-2,4-5,8H2. The number of rotatable bonds is 1. The fraction of sp³-hybridized carbons (Fsp3) is 0.214. The highest BCUT2D eigenvalue weighted by atomic mass is 35.5. The quantitative estimate of drug-likeness (QED) is 0.819. The lowest BCUT2D eigenvalue weighted by molar-refractivity contribution is -0.117. The van der Waals surface area contributed by atoms with E-state index in [4.69, 9.17) is 11.6 Å². The van der Waals surface area contributed by atoms with Gasteiger partial charge in [0.2, 0.25) is 0 Å². The average molecular weight is 248 g/mol. The molecule has 0 radical (unpaired) electrons. The van der Waals surface area contributed by atoms with Crippen LogP contribution < -0.4 is 5.32 Å². The number of Topliss-reactive ketones (excluding diaryl/α,β-unsaturated/α-hetero) is 1. The Labute approximate surface area is 106 Å². The fourth-order valence-corrected chi connectivity index (χ4v) is 2.25. The number of carbonyl (C=O) groups is 1. The highest BCUT2D eigenvalue weighted by Crippen LogP contribution is 2.35. The first-order chi connectivity index (χ1) is 8.13. The Balaban J connectivity index is 2.58. The van der Waals surface area contributed by atoms with E-state index in [-0.39, 0.29) is 5.78 Å². The molecule has 1 N–H and O–H groups in total. The van der Waals surface area contributed by atoms with Crippen molar-refractivity contribution in [2.45, 2.75) is 12.8 Å². The molecule has 1 aliphatic heterocycles. The molecule has 0 aromatic heterocycles. The van der Waals surface area contributed by atoms with Crippen LogP contribution in [-0.4, -0.2) is 12.3 Å². The summed E-state index contributed by atoms with van der Waals surface area (Å²) >= 11 is 6.14. The molecule has 1 aromatic carbocycles. The summed E-state index contributed by atoms with van der Waals surface area (Å²) in [6.07, 6.45) is 2.93. The number of ketones is 1. The summed E-state index contributed by atoms with van der Waals surface area (Å²) < 4.78 is 0. The van der Waals surface area contributed by atoms with Crippen LogP contribution in [0.4, 0.5) is 5.69 Å². The molecule has 0 fully saturated rings. The maximum absolute atomic E-state index is 11.5. The predicted molar refractivity (Wildman–Crippen MR) is 73.3 cm³/mol. The molecule has 0 amide bonds. The maximum atomic E-state index is 11.5. The minimum absolute atomic E-state index is 0.201. The molecule has 1 aliphatic rings. The van der Waals surface area contributed by atoms with E-state index >= 15 is 0 Å². The highest BCUT2D eigenvalue weighted by Gasteiger charge is 2.17. The Bertz CT molecular complexity index is 505. The molecule has 2 rings (SSSR count). The van der Waals surface area contributed by atoms with Crippen molar-refractivity contribution in [1.82, 2.24) is 0 Å². The van der Waals surface area contributed by atoms with Gasteiger partial charge in [-0.1, -0.05) is 30.8 Å². The molecule has 17 heavy (non-hydrogen) atoms. The molecule has 1 aromatic rings. The van der Waals surface area contributed by atoms with Gasteiger partial charge in [-0.05, 0) is 24.1 Å². The number of anilines is 1. The third kappa shape index (κ3) is 2.27. The Morgan fingerprint density at radius 2 is 2.12 bits per heavy atom.